The summed E-state index contributed by atoms with van der Waals surface area (Å²) >= 11 is 0. The number of oxime groups is 1. The molecule has 71 heavy (non-hydrogen) atoms. The van der Waals surface area contributed by atoms with E-state index in [1.165, 1.54) is 14.0 Å². The molecule has 0 spiro atoms. The van der Waals surface area contributed by atoms with Gasteiger partial charge in [0.25, 0.3) is 0 Å². The summed E-state index contributed by atoms with van der Waals surface area (Å²) in [6, 6.07) is 18.3. The summed E-state index contributed by atoms with van der Waals surface area (Å²) in [6.45, 7) is 17.7. The lowest BCUT2D eigenvalue weighted by Gasteiger charge is -2.49. The van der Waals surface area contributed by atoms with Gasteiger partial charge in [-0.25, -0.2) is 0 Å². The molecule has 0 saturated carbocycles. The molecule has 2 aromatic carbocycles. The van der Waals surface area contributed by atoms with Crippen molar-refractivity contribution in [3.63, 3.8) is 0 Å². The number of cyclic esters (lactones) is 1. The Kier molecular flexibility index (Phi) is 20.9. The van der Waals surface area contributed by atoms with Gasteiger partial charge in [0.1, 0.15) is 35.8 Å². The molecule has 3 aliphatic rings. The van der Waals surface area contributed by atoms with Crippen molar-refractivity contribution in [2.24, 2.45) is 28.8 Å². The molecule has 4 N–H and O–H groups in total. The van der Waals surface area contributed by atoms with Gasteiger partial charge in [-0.1, -0.05) is 81.4 Å². The molecule has 5 rings (SSSR count). The molecule has 0 amide bonds. The third-order valence-corrected chi connectivity index (χ3v) is 14.8. The van der Waals surface area contributed by atoms with Gasteiger partial charge in [0.15, 0.2) is 18.7 Å². The number of nitrogens with zero attached hydrogens (tertiary/aromatic N) is 2. The first-order valence-corrected chi connectivity index (χ1v) is 25.4. The topological polar surface area (TPSA) is 214 Å². The predicted molar refractivity (Wildman–Crippen MR) is 265 cm³/mol. The van der Waals surface area contributed by atoms with Gasteiger partial charge >= 0.3 is 11.9 Å². The van der Waals surface area contributed by atoms with Crippen LogP contribution in [0.1, 0.15) is 107 Å². The molecule has 3 fully saturated rings. The molecule has 17 nitrogen and oxygen atoms in total. The van der Waals surface area contributed by atoms with Crippen molar-refractivity contribution in [3.8, 4) is 5.75 Å². The monoisotopic (exact) mass is 1000 g/mol. The Bertz CT molecular complexity index is 1990. The van der Waals surface area contributed by atoms with Crippen LogP contribution in [0.15, 0.2) is 65.8 Å². The summed E-state index contributed by atoms with van der Waals surface area (Å²) in [5.74, 6) is -3.98. The number of ether oxygens (including phenoxy) is 8. The Morgan fingerprint density at radius 3 is 2.13 bits per heavy atom. The number of aliphatic hydroxyl groups excluding tert-OH is 2. The van der Waals surface area contributed by atoms with Crippen molar-refractivity contribution >= 4 is 17.7 Å². The van der Waals surface area contributed by atoms with Crippen LogP contribution in [0.25, 0.3) is 0 Å². The Morgan fingerprint density at radius 1 is 0.859 bits per heavy atom. The third-order valence-electron chi connectivity index (χ3n) is 14.8. The van der Waals surface area contributed by atoms with Crippen LogP contribution in [0.3, 0.4) is 0 Å². The molecule has 18 atom stereocenters. The van der Waals surface area contributed by atoms with Crippen LogP contribution in [0.2, 0.25) is 0 Å². The molecule has 3 heterocycles. The number of aliphatic hydroxyl groups is 4. The second kappa shape index (κ2) is 25.5. The number of carbonyl (C=O) groups is 2. The number of methoxy groups -OCH3 is 1. The molecule has 0 aromatic heterocycles. The summed E-state index contributed by atoms with van der Waals surface area (Å²) in [4.78, 5) is 35.8. The number of carbonyl (C=O) groups excluding carboxylic acids is 2. The van der Waals surface area contributed by atoms with E-state index in [9.17, 15) is 30.0 Å². The Hall–Kier alpha value is -3.75. The van der Waals surface area contributed by atoms with Crippen molar-refractivity contribution in [1.29, 1.82) is 0 Å². The molecule has 3 aliphatic heterocycles. The maximum absolute atomic E-state index is 14.7. The number of rotatable bonds is 16. The zero-order chi connectivity index (χ0) is 52.4. The fraction of sp³-hybridized carbons (Fsp3) is 0.722. The maximum Gasteiger partial charge on any atom is 0.311 e. The van der Waals surface area contributed by atoms with Crippen molar-refractivity contribution < 1.29 is 72.7 Å². The minimum absolute atomic E-state index is 0.0342. The molecular weight excluding hydrogens is 917 g/mol. The van der Waals surface area contributed by atoms with Crippen LogP contribution in [0.4, 0.5) is 0 Å². The van der Waals surface area contributed by atoms with E-state index in [0.29, 0.717) is 25.2 Å². The summed E-state index contributed by atoms with van der Waals surface area (Å²) in [5.41, 5.74) is -3.78. The summed E-state index contributed by atoms with van der Waals surface area (Å²) in [5, 5.41) is 53.7. The Labute approximate surface area is 421 Å². The van der Waals surface area contributed by atoms with Gasteiger partial charge in [0.05, 0.1) is 60.8 Å². The average molecular weight is 1000 g/mol. The number of hydrogen-bond donors (Lipinski definition) is 4. The molecule has 2 unspecified atom stereocenters. The van der Waals surface area contributed by atoms with Crippen molar-refractivity contribution in [1.82, 2.24) is 4.90 Å². The molecule has 0 bridgehead atoms. The molecule has 3 saturated heterocycles. The van der Waals surface area contributed by atoms with Crippen LogP contribution < -0.4 is 4.74 Å². The largest absolute Gasteiger partial charge is 0.493 e. The van der Waals surface area contributed by atoms with E-state index in [-0.39, 0.29) is 44.4 Å². The molecule has 17 heteroatoms. The molecule has 2 aromatic rings. The Morgan fingerprint density at radius 2 is 1.51 bits per heavy atom. The molecular formula is C54H84N2O15. The van der Waals surface area contributed by atoms with Crippen LogP contribution in [-0.4, -0.2) is 162 Å². The molecule has 0 radical (unpaired) electrons. The van der Waals surface area contributed by atoms with E-state index in [4.69, 9.17) is 42.7 Å². The van der Waals surface area contributed by atoms with Gasteiger partial charge in [0, 0.05) is 43.7 Å². The predicted octanol–water partition coefficient (Wildman–Crippen LogP) is 5.85. The van der Waals surface area contributed by atoms with Crippen LogP contribution >= 0.6 is 0 Å². The first-order valence-electron chi connectivity index (χ1n) is 25.4. The van der Waals surface area contributed by atoms with E-state index < -0.39 is 108 Å². The quantitative estimate of drug-likeness (QED) is 0.0882. The number of likely N-dealkylation sites (N-methyl/N-ethyl adjacent to an activating group) is 1. The van der Waals surface area contributed by atoms with Crippen molar-refractivity contribution in [2.45, 2.75) is 192 Å². The molecule has 0 aliphatic carbocycles. The average Bonchev–Trinajstić information content (AvgIpc) is 3.32. The fourth-order valence-corrected chi connectivity index (χ4v) is 10.7. The highest BCUT2D eigenvalue weighted by Gasteiger charge is 2.54. The zero-order valence-electron chi connectivity index (χ0n) is 44.3. The zero-order valence-corrected chi connectivity index (χ0v) is 44.3. The number of para-hydroxylation sites is 1. The Balaban J connectivity index is 1.53. The third kappa shape index (κ3) is 14.7. The van der Waals surface area contributed by atoms with Gasteiger partial charge in [0.2, 0.25) is 0 Å². The standard InChI is InChI=1S/C54H84N2O15/c1-14-41-54(10,62)47(59)34(4)44(55-65-27-21-26-64-39-24-19-16-20-25-39)32(2)30-52(8,61)48(71-51-45(58)40(56(11)12)28-33(3)66-51)35(5)46(36(6)50(60)68-41)70-43-31-53(9,63-13)49(37(7)67-43)69-42(57)29-38-22-17-15-18-23-38/h15-20,22-25,32-37,40-41,43,45-49,51,58-59,61-62H,14,21,26-31H2,1-13H3/b55-44+/t32-,33-,34-,35+,36-,37+,40+,41+,43?,45-,46+,47-,48-,49+,51+,52?,53-,54-/m1/s1. The van der Waals surface area contributed by atoms with Crippen LogP contribution in [0.5, 0.6) is 5.75 Å². The highest BCUT2D eigenvalue weighted by Crippen LogP contribution is 2.42. The number of esters is 2. The van der Waals surface area contributed by atoms with E-state index in [1.807, 2.05) is 93.5 Å². The highest BCUT2D eigenvalue weighted by atomic mass is 16.7. The summed E-state index contributed by atoms with van der Waals surface area (Å²) < 4.78 is 50.8. The van der Waals surface area contributed by atoms with Crippen LogP contribution in [0, 0.1) is 23.7 Å². The maximum atomic E-state index is 14.7. The number of benzene rings is 2. The second-order valence-corrected chi connectivity index (χ2v) is 21.1. The normalized spacial score (nSPS) is 39.3. The van der Waals surface area contributed by atoms with E-state index in [2.05, 4.69) is 5.16 Å². The van der Waals surface area contributed by atoms with Gasteiger partial charge in [-0.3, -0.25) is 9.59 Å². The summed E-state index contributed by atoms with van der Waals surface area (Å²) in [7, 11) is 5.25. The van der Waals surface area contributed by atoms with Crippen molar-refractivity contribution in [2.75, 3.05) is 34.4 Å². The smallest absolute Gasteiger partial charge is 0.311 e. The van der Waals surface area contributed by atoms with E-state index in [1.54, 1.807) is 48.5 Å². The SMILES string of the molecule is CC[C@@H]1OC(=O)[C@H](C)[C@@H](OC2C[C@@](C)(OC)[C@@H](OC(=O)Cc3ccccc3)[C@H](C)O2)[C@H](C)[C@@H](O[C@@H]2O[C@H](C)C[C@H](N(C)C)[C@H]2O)C(C)(O)C[C@@H](C)/C(=N\OCCCOc2ccccc2)[C@@H](C)[C@@H](O)[C@]1(C)O. The lowest BCUT2D eigenvalue weighted by atomic mass is 9.73. The highest BCUT2D eigenvalue weighted by molar-refractivity contribution is 5.88. The minimum atomic E-state index is -1.99. The van der Waals surface area contributed by atoms with Crippen LogP contribution in [-0.2, 0) is 54.0 Å². The fourth-order valence-electron chi connectivity index (χ4n) is 10.7. The molecule has 400 valence electrons. The first-order chi connectivity index (χ1) is 33.4. The lowest BCUT2D eigenvalue weighted by Crippen LogP contribution is -2.61. The van der Waals surface area contributed by atoms with E-state index in [0.717, 1.165) is 11.3 Å². The minimum Gasteiger partial charge on any atom is -0.493 e. The van der Waals surface area contributed by atoms with Gasteiger partial charge in [-0.05, 0) is 92.6 Å². The van der Waals surface area contributed by atoms with Gasteiger partial charge < -0.3 is 68.1 Å². The first kappa shape index (κ1) is 58.1. The van der Waals surface area contributed by atoms with Gasteiger partial charge in [-0.2, -0.15) is 0 Å². The second-order valence-electron chi connectivity index (χ2n) is 21.1. The van der Waals surface area contributed by atoms with Crippen molar-refractivity contribution in [3.05, 3.63) is 66.2 Å². The van der Waals surface area contributed by atoms with E-state index >= 15 is 0 Å². The van der Waals surface area contributed by atoms with Gasteiger partial charge in [-0.15, -0.1) is 0 Å². The summed E-state index contributed by atoms with van der Waals surface area (Å²) in [6.07, 6.45) is -9.20. The number of hydrogen-bond acceptors (Lipinski definition) is 17. The lowest BCUT2D eigenvalue weighted by molar-refractivity contribution is -0.318.